The second-order valence-electron chi connectivity index (χ2n) is 6.35. The molecular formula is C16H33N3O. The van der Waals surface area contributed by atoms with Crippen LogP contribution in [0.15, 0.2) is 0 Å². The molecule has 4 heteroatoms. The fourth-order valence-corrected chi connectivity index (χ4v) is 2.91. The smallest absolute Gasteiger partial charge is 0.234 e. The Kier molecular flexibility index (Phi) is 8.86. The molecule has 1 rings (SSSR count). The molecule has 0 aromatic rings. The molecule has 1 atom stereocenters. The monoisotopic (exact) mass is 283 g/mol. The fraction of sp³-hybridized carbons (Fsp3) is 0.938. The van der Waals surface area contributed by atoms with Crippen LogP contribution in [0.1, 0.15) is 52.4 Å². The van der Waals surface area contributed by atoms with E-state index >= 15 is 0 Å². The Hall–Kier alpha value is -0.610. The maximum Gasteiger partial charge on any atom is 0.234 e. The molecule has 20 heavy (non-hydrogen) atoms. The van der Waals surface area contributed by atoms with E-state index in [1.807, 2.05) is 0 Å². The minimum atomic E-state index is 0.172. The lowest BCUT2D eigenvalue weighted by Crippen LogP contribution is -2.42. The van der Waals surface area contributed by atoms with E-state index in [1.165, 1.54) is 32.1 Å². The summed E-state index contributed by atoms with van der Waals surface area (Å²) >= 11 is 0. The zero-order valence-corrected chi connectivity index (χ0v) is 13.6. The van der Waals surface area contributed by atoms with Gasteiger partial charge in [-0.15, -0.1) is 0 Å². The van der Waals surface area contributed by atoms with Gasteiger partial charge in [-0.2, -0.15) is 0 Å². The standard InChI is InChI=1S/C16H33N3O/c1-4-5-6-7-14(2)18-16(20)13-19(3)12-15-8-10-17-11-9-15/h14-15,17H,4-13H2,1-3H3,(H,18,20). The first-order chi connectivity index (χ1) is 9.61. The third-order valence-corrected chi connectivity index (χ3v) is 4.09. The predicted molar refractivity (Wildman–Crippen MR) is 84.8 cm³/mol. The van der Waals surface area contributed by atoms with Gasteiger partial charge in [0.15, 0.2) is 0 Å². The molecule has 1 unspecified atom stereocenters. The number of rotatable bonds is 9. The maximum absolute atomic E-state index is 12.0. The molecule has 0 radical (unpaired) electrons. The summed E-state index contributed by atoms with van der Waals surface area (Å²) in [7, 11) is 2.06. The number of carbonyl (C=O) groups is 1. The van der Waals surface area contributed by atoms with Gasteiger partial charge in [0.1, 0.15) is 0 Å². The van der Waals surface area contributed by atoms with Gasteiger partial charge in [0, 0.05) is 12.6 Å². The molecule has 1 aliphatic rings. The summed E-state index contributed by atoms with van der Waals surface area (Å²) in [5.74, 6) is 0.918. The van der Waals surface area contributed by atoms with Crippen LogP contribution in [-0.4, -0.2) is 50.1 Å². The summed E-state index contributed by atoms with van der Waals surface area (Å²) in [6.07, 6.45) is 7.27. The Labute approximate surface area is 124 Å². The zero-order valence-electron chi connectivity index (χ0n) is 13.6. The molecule has 0 bridgehead atoms. The molecule has 1 saturated heterocycles. The van der Waals surface area contributed by atoms with Crippen molar-refractivity contribution in [2.24, 2.45) is 5.92 Å². The van der Waals surface area contributed by atoms with E-state index in [1.54, 1.807) is 0 Å². The molecule has 1 fully saturated rings. The number of hydrogen-bond donors (Lipinski definition) is 2. The van der Waals surface area contributed by atoms with Crippen LogP contribution in [0.4, 0.5) is 0 Å². The Morgan fingerprint density at radius 1 is 1.35 bits per heavy atom. The molecule has 0 aromatic heterocycles. The summed E-state index contributed by atoms with van der Waals surface area (Å²) in [5, 5.41) is 6.50. The molecule has 1 aliphatic heterocycles. The molecule has 0 spiro atoms. The average Bonchev–Trinajstić information content (AvgIpc) is 2.39. The number of piperidine rings is 1. The van der Waals surface area contributed by atoms with Crippen molar-refractivity contribution in [3.05, 3.63) is 0 Å². The van der Waals surface area contributed by atoms with Crippen molar-refractivity contribution in [2.75, 3.05) is 33.2 Å². The molecule has 4 nitrogen and oxygen atoms in total. The lowest BCUT2D eigenvalue weighted by molar-refractivity contribution is -0.122. The van der Waals surface area contributed by atoms with Crippen LogP contribution in [-0.2, 0) is 4.79 Å². The summed E-state index contributed by atoms with van der Waals surface area (Å²) in [6, 6.07) is 0.307. The minimum Gasteiger partial charge on any atom is -0.353 e. The van der Waals surface area contributed by atoms with Crippen LogP contribution in [0.5, 0.6) is 0 Å². The van der Waals surface area contributed by atoms with Crippen molar-refractivity contribution in [3.8, 4) is 0 Å². The summed E-state index contributed by atoms with van der Waals surface area (Å²) in [5.41, 5.74) is 0. The van der Waals surface area contributed by atoms with Crippen molar-refractivity contribution in [2.45, 2.75) is 58.4 Å². The molecule has 0 saturated carbocycles. The zero-order chi connectivity index (χ0) is 14.8. The average molecular weight is 283 g/mol. The summed E-state index contributed by atoms with van der Waals surface area (Å²) in [4.78, 5) is 14.1. The van der Waals surface area contributed by atoms with Crippen molar-refractivity contribution in [1.82, 2.24) is 15.5 Å². The van der Waals surface area contributed by atoms with Gasteiger partial charge >= 0.3 is 0 Å². The number of hydrogen-bond acceptors (Lipinski definition) is 3. The molecule has 1 amide bonds. The van der Waals surface area contributed by atoms with Gasteiger partial charge in [0.2, 0.25) is 5.91 Å². The van der Waals surface area contributed by atoms with Crippen LogP contribution in [0, 0.1) is 5.92 Å². The summed E-state index contributed by atoms with van der Waals surface area (Å²) in [6.45, 7) is 8.14. The van der Waals surface area contributed by atoms with E-state index in [4.69, 9.17) is 0 Å². The Morgan fingerprint density at radius 3 is 2.70 bits per heavy atom. The van der Waals surface area contributed by atoms with Crippen molar-refractivity contribution in [3.63, 3.8) is 0 Å². The third kappa shape index (κ3) is 7.85. The number of carbonyl (C=O) groups excluding carboxylic acids is 1. The Bertz CT molecular complexity index is 264. The van der Waals surface area contributed by atoms with E-state index in [9.17, 15) is 4.79 Å². The highest BCUT2D eigenvalue weighted by Crippen LogP contribution is 2.12. The Balaban J connectivity index is 2.13. The SMILES string of the molecule is CCCCCC(C)NC(=O)CN(C)CC1CCNCC1. The fourth-order valence-electron chi connectivity index (χ4n) is 2.91. The van der Waals surface area contributed by atoms with Crippen LogP contribution in [0.25, 0.3) is 0 Å². The highest BCUT2D eigenvalue weighted by Gasteiger charge is 2.17. The van der Waals surface area contributed by atoms with Gasteiger partial charge in [-0.1, -0.05) is 26.2 Å². The van der Waals surface area contributed by atoms with E-state index in [2.05, 4.69) is 36.4 Å². The number of amides is 1. The molecule has 0 aromatic carbocycles. The quantitative estimate of drug-likeness (QED) is 0.636. The minimum absolute atomic E-state index is 0.172. The second-order valence-corrected chi connectivity index (χ2v) is 6.35. The number of nitrogens with one attached hydrogen (secondary N) is 2. The molecule has 2 N–H and O–H groups in total. The first-order valence-corrected chi connectivity index (χ1v) is 8.30. The first-order valence-electron chi connectivity index (χ1n) is 8.30. The van der Waals surface area contributed by atoms with Gasteiger partial charge in [0.05, 0.1) is 6.54 Å². The largest absolute Gasteiger partial charge is 0.353 e. The second kappa shape index (κ2) is 10.2. The van der Waals surface area contributed by atoms with E-state index in [0.29, 0.717) is 12.6 Å². The van der Waals surface area contributed by atoms with Gasteiger partial charge in [-0.3, -0.25) is 9.69 Å². The topological polar surface area (TPSA) is 44.4 Å². The van der Waals surface area contributed by atoms with E-state index < -0.39 is 0 Å². The number of nitrogens with zero attached hydrogens (tertiary/aromatic N) is 1. The molecule has 1 heterocycles. The Morgan fingerprint density at radius 2 is 2.05 bits per heavy atom. The van der Waals surface area contributed by atoms with Crippen LogP contribution in [0.2, 0.25) is 0 Å². The first kappa shape index (κ1) is 17.4. The van der Waals surface area contributed by atoms with Crippen LogP contribution < -0.4 is 10.6 Å². The van der Waals surface area contributed by atoms with Crippen molar-refractivity contribution < 1.29 is 4.79 Å². The maximum atomic E-state index is 12.0. The van der Waals surface area contributed by atoms with Gasteiger partial charge in [-0.25, -0.2) is 0 Å². The third-order valence-electron chi connectivity index (χ3n) is 4.09. The summed E-state index contributed by atoms with van der Waals surface area (Å²) < 4.78 is 0. The number of likely N-dealkylation sites (N-methyl/N-ethyl adjacent to an activating group) is 1. The van der Waals surface area contributed by atoms with Crippen LogP contribution >= 0.6 is 0 Å². The predicted octanol–water partition coefficient (Wildman–Crippen LogP) is 2.00. The normalized spacial score (nSPS) is 18.2. The van der Waals surface area contributed by atoms with Gasteiger partial charge in [0.25, 0.3) is 0 Å². The highest BCUT2D eigenvalue weighted by molar-refractivity contribution is 5.78. The molecule has 118 valence electrons. The van der Waals surface area contributed by atoms with Gasteiger partial charge < -0.3 is 10.6 Å². The lowest BCUT2D eigenvalue weighted by atomic mass is 9.98. The van der Waals surface area contributed by atoms with Gasteiger partial charge in [-0.05, 0) is 52.2 Å². The highest BCUT2D eigenvalue weighted by atomic mass is 16.2. The molecule has 0 aliphatic carbocycles. The van der Waals surface area contributed by atoms with Crippen LogP contribution in [0.3, 0.4) is 0 Å². The molecular weight excluding hydrogens is 250 g/mol. The van der Waals surface area contributed by atoms with E-state index in [0.717, 1.165) is 32.0 Å². The number of unbranched alkanes of at least 4 members (excludes halogenated alkanes) is 2. The lowest BCUT2D eigenvalue weighted by Gasteiger charge is -2.27. The van der Waals surface area contributed by atoms with Crippen molar-refractivity contribution >= 4 is 5.91 Å². The van der Waals surface area contributed by atoms with E-state index in [-0.39, 0.29) is 5.91 Å². The van der Waals surface area contributed by atoms with Crippen molar-refractivity contribution in [1.29, 1.82) is 0 Å².